The predicted molar refractivity (Wildman–Crippen MR) is 151 cm³/mol. The van der Waals surface area contributed by atoms with Gasteiger partial charge in [-0.3, -0.25) is 4.40 Å². The van der Waals surface area contributed by atoms with Gasteiger partial charge < -0.3 is 10.8 Å². The standard InChI is InChI=1S/C31H26N8O/c32-30(16-31(40,17-30)23-10-11-23)22-8-6-20(7-9-22)26-27(19-4-2-1-3-5-19)36-29-24(35-26)12-13-25-37-38-28(39(25)29)21-14-33-18-34-15-21/h1-9,12-15,18,23,40H,10-11,16-17,32H2. The summed E-state index contributed by atoms with van der Waals surface area (Å²) in [6.45, 7) is 0. The van der Waals surface area contributed by atoms with E-state index in [2.05, 4.69) is 44.4 Å². The minimum Gasteiger partial charge on any atom is -0.389 e. The highest BCUT2D eigenvalue weighted by molar-refractivity contribution is 5.87. The number of rotatable bonds is 5. The van der Waals surface area contributed by atoms with Crippen LogP contribution in [0, 0.1) is 5.92 Å². The van der Waals surface area contributed by atoms with E-state index in [-0.39, 0.29) is 0 Å². The number of aliphatic hydroxyl groups is 1. The van der Waals surface area contributed by atoms with Gasteiger partial charge in [0, 0.05) is 29.1 Å². The zero-order valence-corrected chi connectivity index (χ0v) is 21.6. The summed E-state index contributed by atoms with van der Waals surface area (Å²) in [6.07, 6.45) is 8.34. The molecule has 4 aromatic heterocycles. The second-order valence-electron chi connectivity index (χ2n) is 11.1. The minimum absolute atomic E-state index is 0.414. The van der Waals surface area contributed by atoms with E-state index < -0.39 is 11.1 Å². The van der Waals surface area contributed by atoms with E-state index in [1.54, 1.807) is 12.4 Å². The van der Waals surface area contributed by atoms with Crippen LogP contribution in [0.25, 0.3) is 50.7 Å². The number of aromatic nitrogens is 7. The molecule has 0 aliphatic heterocycles. The Balaban J connectivity index is 1.27. The lowest BCUT2D eigenvalue weighted by molar-refractivity contribution is -0.106. The molecule has 196 valence electrons. The van der Waals surface area contributed by atoms with Crippen molar-refractivity contribution in [2.24, 2.45) is 11.7 Å². The molecular weight excluding hydrogens is 500 g/mol. The third-order valence-corrected chi connectivity index (χ3v) is 8.37. The molecule has 40 heavy (non-hydrogen) atoms. The number of benzene rings is 2. The molecule has 2 aliphatic rings. The molecule has 0 bridgehead atoms. The number of fused-ring (bicyclic) bond motifs is 3. The van der Waals surface area contributed by atoms with Gasteiger partial charge in [-0.2, -0.15) is 0 Å². The van der Waals surface area contributed by atoms with Crippen LogP contribution in [0.4, 0.5) is 0 Å². The first kappa shape index (κ1) is 23.3. The van der Waals surface area contributed by atoms with Gasteiger partial charge in [0.1, 0.15) is 11.8 Å². The molecule has 6 aromatic rings. The molecule has 0 spiro atoms. The van der Waals surface area contributed by atoms with Gasteiger partial charge in [0.05, 0.1) is 22.6 Å². The second-order valence-corrected chi connectivity index (χ2v) is 11.1. The Bertz CT molecular complexity index is 1880. The summed E-state index contributed by atoms with van der Waals surface area (Å²) in [5.41, 5.74) is 12.9. The molecule has 3 N–H and O–H groups in total. The van der Waals surface area contributed by atoms with E-state index in [4.69, 9.17) is 15.7 Å². The third-order valence-electron chi connectivity index (χ3n) is 8.37. The topological polar surface area (TPSA) is 128 Å². The van der Waals surface area contributed by atoms with Crippen LogP contribution in [0.2, 0.25) is 0 Å². The van der Waals surface area contributed by atoms with Crippen molar-refractivity contribution in [3.05, 3.63) is 91.0 Å². The summed E-state index contributed by atoms with van der Waals surface area (Å²) in [6, 6.07) is 22.1. The van der Waals surface area contributed by atoms with E-state index in [9.17, 15) is 5.11 Å². The SMILES string of the molecule is NC1(c2ccc(-c3nc4ccc5nnc(-c6cncnc6)n5c4nc3-c3ccccc3)cc2)CC(O)(C2CC2)C1. The van der Waals surface area contributed by atoms with E-state index >= 15 is 0 Å². The van der Waals surface area contributed by atoms with Gasteiger partial charge in [0.15, 0.2) is 17.1 Å². The molecular formula is C31H26N8O. The van der Waals surface area contributed by atoms with Crippen LogP contribution in [0.3, 0.4) is 0 Å². The maximum Gasteiger partial charge on any atom is 0.173 e. The van der Waals surface area contributed by atoms with Crippen LogP contribution in [-0.2, 0) is 5.54 Å². The fraction of sp³-hybridized carbons (Fsp3) is 0.226. The highest BCUT2D eigenvalue weighted by Crippen LogP contribution is 2.57. The van der Waals surface area contributed by atoms with E-state index in [1.807, 2.05) is 46.9 Å². The quantitative estimate of drug-likeness (QED) is 0.335. The van der Waals surface area contributed by atoms with Crippen LogP contribution in [0.5, 0.6) is 0 Å². The zero-order valence-electron chi connectivity index (χ0n) is 21.6. The van der Waals surface area contributed by atoms with Crippen molar-refractivity contribution >= 4 is 16.8 Å². The molecule has 8 rings (SSSR count). The summed E-state index contributed by atoms with van der Waals surface area (Å²) >= 11 is 0. The number of hydrogen-bond donors (Lipinski definition) is 2. The van der Waals surface area contributed by atoms with Crippen LogP contribution in [0.1, 0.15) is 31.2 Å². The molecule has 0 amide bonds. The van der Waals surface area contributed by atoms with Crippen molar-refractivity contribution in [1.82, 2.24) is 34.5 Å². The summed E-state index contributed by atoms with van der Waals surface area (Å²) < 4.78 is 1.90. The van der Waals surface area contributed by atoms with Crippen molar-refractivity contribution in [2.45, 2.75) is 36.8 Å². The molecule has 2 aliphatic carbocycles. The van der Waals surface area contributed by atoms with Crippen LogP contribution >= 0.6 is 0 Å². The van der Waals surface area contributed by atoms with E-state index in [0.717, 1.165) is 46.5 Å². The average Bonchev–Trinajstić information content (AvgIpc) is 3.76. The fourth-order valence-electron chi connectivity index (χ4n) is 6.20. The predicted octanol–water partition coefficient (Wildman–Crippen LogP) is 4.55. The summed E-state index contributed by atoms with van der Waals surface area (Å²) in [5, 5.41) is 19.6. The monoisotopic (exact) mass is 526 g/mol. The normalized spacial score (nSPS) is 22.4. The fourth-order valence-corrected chi connectivity index (χ4v) is 6.20. The average molecular weight is 527 g/mol. The molecule has 9 heteroatoms. The van der Waals surface area contributed by atoms with Gasteiger partial charge in [-0.25, -0.2) is 19.9 Å². The van der Waals surface area contributed by atoms with E-state index in [0.29, 0.717) is 41.4 Å². The maximum atomic E-state index is 10.9. The van der Waals surface area contributed by atoms with Crippen molar-refractivity contribution in [3.63, 3.8) is 0 Å². The molecule has 2 fully saturated rings. The lowest BCUT2D eigenvalue weighted by Gasteiger charge is -2.52. The maximum absolute atomic E-state index is 10.9. The number of pyridine rings is 1. The lowest BCUT2D eigenvalue weighted by atomic mass is 9.60. The molecule has 9 nitrogen and oxygen atoms in total. The molecule has 0 unspecified atom stereocenters. The minimum atomic E-state index is -0.601. The van der Waals surface area contributed by atoms with Gasteiger partial charge in [-0.15, -0.1) is 10.2 Å². The Morgan fingerprint density at radius 1 is 0.775 bits per heavy atom. The first-order valence-electron chi connectivity index (χ1n) is 13.5. The van der Waals surface area contributed by atoms with Crippen LogP contribution < -0.4 is 5.73 Å². The van der Waals surface area contributed by atoms with Crippen molar-refractivity contribution < 1.29 is 5.11 Å². The highest BCUT2D eigenvalue weighted by Gasteiger charge is 2.58. The summed E-state index contributed by atoms with van der Waals surface area (Å²) in [4.78, 5) is 18.6. The Morgan fingerprint density at radius 3 is 2.20 bits per heavy atom. The van der Waals surface area contributed by atoms with Gasteiger partial charge >= 0.3 is 0 Å². The highest BCUT2D eigenvalue weighted by atomic mass is 16.3. The second kappa shape index (κ2) is 8.45. The summed E-state index contributed by atoms with van der Waals surface area (Å²) in [5.74, 6) is 1.02. The first-order valence-corrected chi connectivity index (χ1v) is 13.5. The summed E-state index contributed by atoms with van der Waals surface area (Å²) in [7, 11) is 0. The van der Waals surface area contributed by atoms with Gasteiger partial charge in [0.25, 0.3) is 0 Å². The molecule has 4 heterocycles. The number of nitrogens with two attached hydrogens (primary N) is 1. The van der Waals surface area contributed by atoms with Crippen molar-refractivity contribution in [1.29, 1.82) is 0 Å². The lowest BCUT2D eigenvalue weighted by Crippen LogP contribution is -2.60. The molecule has 2 saturated carbocycles. The molecule has 0 saturated heterocycles. The molecule has 2 aromatic carbocycles. The first-order chi connectivity index (χ1) is 19.5. The van der Waals surface area contributed by atoms with Gasteiger partial charge in [0.2, 0.25) is 0 Å². The number of hydrogen-bond acceptors (Lipinski definition) is 8. The number of nitrogens with zero attached hydrogens (tertiary/aromatic N) is 7. The Hall–Kier alpha value is -4.60. The van der Waals surface area contributed by atoms with Gasteiger partial charge in [-0.1, -0.05) is 54.6 Å². The smallest absolute Gasteiger partial charge is 0.173 e. The largest absolute Gasteiger partial charge is 0.389 e. The van der Waals surface area contributed by atoms with Gasteiger partial charge in [-0.05, 0) is 49.3 Å². The molecule has 0 atom stereocenters. The Morgan fingerprint density at radius 2 is 1.48 bits per heavy atom. The Kier molecular flexibility index (Phi) is 4.92. The zero-order chi connectivity index (χ0) is 26.9. The third kappa shape index (κ3) is 3.62. The Labute approximate surface area is 229 Å². The molecule has 0 radical (unpaired) electrons. The van der Waals surface area contributed by atoms with Crippen molar-refractivity contribution in [2.75, 3.05) is 0 Å². The van der Waals surface area contributed by atoms with E-state index in [1.165, 1.54) is 6.33 Å². The van der Waals surface area contributed by atoms with Crippen molar-refractivity contribution in [3.8, 4) is 33.9 Å². The van der Waals surface area contributed by atoms with Crippen LogP contribution in [-0.4, -0.2) is 45.2 Å². The van der Waals surface area contributed by atoms with Crippen LogP contribution in [0.15, 0.2) is 85.5 Å².